The van der Waals surface area contributed by atoms with Crippen LogP contribution in [0.4, 0.5) is 5.13 Å². The molecule has 0 atom stereocenters. The Labute approximate surface area is 128 Å². The minimum Gasteiger partial charge on any atom is -0.374 e. The Morgan fingerprint density at radius 2 is 1.43 bits per heavy atom. The zero-order chi connectivity index (χ0) is 14.5. The largest absolute Gasteiger partial charge is 0.374 e. The van der Waals surface area contributed by atoms with Crippen LogP contribution >= 0.6 is 11.3 Å². The van der Waals surface area contributed by atoms with E-state index in [1.165, 1.54) is 22.5 Å². The van der Waals surface area contributed by atoms with Gasteiger partial charge in [-0.15, -0.1) is 10.2 Å². The molecule has 4 heteroatoms. The molecular weight excluding hydrogens is 278 g/mol. The Morgan fingerprint density at radius 3 is 1.90 bits per heavy atom. The molecule has 2 N–H and O–H groups in total. The summed E-state index contributed by atoms with van der Waals surface area (Å²) in [5, 5.41) is 9.55. The average Bonchev–Trinajstić information content (AvgIpc) is 2.95. The van der Waals surface area contributed by atoms with Gasteiger partial charge >= 0.3 is 0 Å². The van der Waals surface area contributed by atoms with Crippen molar-refractivity contribution in [2.24, 2.45) is 0 Å². The highest BCUT2D eigenvalue weighted by atomic mass is 32.1. The fourth-order valence-corrected chi connectivity index (χ4v) is 3.16. The molecule has 3 nitrogen and oxygen atoms in total. The SMILES string of the molecule is Nc1nnc(CCC(c2ccccc2)c2ccccc2)s1. The quantitative estimate of drug-likeness (QED) is 0.777. The summed E-state index contributed by atoms with van der Waals surface area (Å²) in [7, 11) is 0. The number of nitrogen functional groups attached to an aromatic ring is 1. The van der Waals surface area contributed by atoms with E-state index in [1.807, 2.05) is 0 Å². The van der Waals surface area contributed by atoms with Crippen LogP contribution < -0.4 is 5.73 Å². The normalized spacial score (nSPS) is 10.9. The van der Waals surface area contributed by atoms with Gasteiger partial charge in [0.1, 0.15) is 5.01 Å². The van der Waals surface area contributed by atoms with E-state index in [0.717, 1.165) is 17.8 Å². The predicted molar refractivity (Wildman–Crippen MR) is 87.4 cm³/mol. The van der Waals surface area contributed by atoms with Crippen molar-refractivity contribution in [3.8, 4) is 0 Å². The molecule has 3 aromatic rings. The molecule has 0 saturated carbocycles. The van der Waals surface area contributed by atoms with E-state index < -0.39 is 0 Å². The predicted octanol–water partition coefficient (Wildman–Crippen LogP) is 3.89. The molecule has 0 bridgehead atoms. The Hall–Kier alpha value is -2.20. The van der Waals surface area contributed by atoms with Crippen LogP contribution in [0.3, 0.4) is 0 Å². The molecule has 0 fully saturated rings. The van der Waals surface area contributed by atoms with Gasteiger partial charge in [0.25, 0.3) is 0 Å². The van der Waals surface area contributed by atoms with Gasteiger partial charge in [-0.3, -0.25) is 0 Å². The second-order valence-electron chi connectivity index (χ2n) is 4.95. The third-order valence-corrected chi connectivity index (χ3v) is 4.35. The number of nitrogens with two attached hydrogens (primary N) is 1. The monoisotopic (exact) mass is 295 g/mol. The first-order valence-corrected chi connectivity index (χ1v) is 7.82. The van der Waals surface area contributed by atoms with Crippen molar-refractivity contribution >= 4 is 16.5 Å². The Kier molecular flexibility index (Phi) is 4.26. The first-order valence-electron chi connectivity index (χ1n) is 7.00. The van der Waals surface area contributed by atoms with Crippen molar-refractivity contribution in [1.29, 1.82) is 0 Å². The summed E-state index contributed by atoms with van der Waals surface area (Å²) in [6, 6.07) is 21.2. The Balaban J connectivity index is 1.83. The standard InChI is InChI=1S/C17H17N3S/c18-17-20-19-16(21-17)12-11-15(13-7-3-1-4-8-13)14-9-5-2-6-10-14/h1-10,15H,11-12H2,(H2,18,20). The van der Waals surface area contributed by atoms with Gasteiger partial charge in [-0.1, -0.05) is 72.0 Å². The van der Waals surface area contributed by atoms with Crippen LogP contribution in [0, 0.1) is 0 Å². The van der Waals surface area contributed by atoms with E-state index in [4.69, 9.17) is 5.73 Å². The first kappa shape index (κ1) is 13.8. The number of benzene rings is 2. The van der Waals surface area contributed by atoms with Crippen LogP contribution in [0.1, 0.15) is 28.5 Å². The number of nitrogens with zero attached hydrogens (tertiary/aromatic N) is 2. The lowest BCUT2D eigenvalue weighted by Crippen LogP contribution is -2.03. The molecule has 0 aliphatic carbocycles. The van der Waals surface area contributed by atoms with Crippen LogP contribution in [0.5, 0.6) is 0 Å². The highest BCUT2D eigenvalue weighted by Gasteiger charge is 2.15. The maximum absolute atomic E-state index is 5.65. The van der Waals surface area contributed by atoms with Crippen molar-refractivity contribution in [1.82, 2.24) is 10.2 Å². The number of aryl methyl sites for hydroxylation is 1. The second kappa shape index (κ2) is 6.50. The summed E-state index contributed by atoms with van der Waals surface area (Å²) in [6.07, 6.45) is 1.89. The molecule has 0 unspecified atom stereocenters. The summed E-state index contributed by atoms with van der Waals surface area (Å²) in [5.74, 6) is 0.373. The minimum atomic E-state index is 0.373. The van der Waals surface area contributed by atoms with Gasteiger partial charge in [-0.05, 0) is 17.5 Å². The van der Waals surface area contributed by atoms with Crippen LogP contribution in [0.25, 0.3) is 0 Å². The molecule has 21 heavy (non-hydrogen) atoms. The van der Waals surface area contributed by atoms with Crippen molar-refractivity contribution < 1.29 is 0 Å². The van der Waals surface area contributed by atoms with E-state index in [0.29, 0.717) is 11.0 Å². The molecule has 2 aromatic carbocycles. The molecule has 0 saturated heterocycles. The number of hydrogen-bond acceptors (Lipinski definition) is 4. The highest BCUT2D eigenvalue weighted by Crippen LogP contribution is 2.29. The van der Waals surface area contributed by atoms with E-state index in [9.17, 15) is 0 Å². The summed E-state index contributed by atoms with van der Waals surface area (Å²) in [6.45, 7) is 0. The van der Waals surface area contributed by atoms with Gasteiger partial charge in [0.2, 0.25) is 5.13 Å². The number of rotatable bonds is 5. The van der Waals surface area contributed by atoms with Gasteiger partial charge in [0, 0.05) is 12.3 Å². The molecule has 1 heterocycles. The van der Waals surface area contributed by atoms with E-state index in [2.05, 4.69) is 70.9 Å². The summed E-state index contributed by atoms with van der Waals surface area (Å²) >= 11 is 1.48. The first-order chi connectivity index (χ1) is 10.3. The average molecular weight is 295 g/mol. The summed E-state index contributed by atoms with van der Waals surface area (Å²) < 4.78 is 0. The fraction of sp³-hybridized carbons (Fsp3) is 0.176. The van der Waals surface area contributed by atoms with Crippen LogP contribution in [0.2, 0.25) is 0 Å². The number of aromatic nitrogens is 2. The number of anilines is 1. The molecule has 0 aliphatic heterocycles. The molecule has 0 amide bonds. The smallest absolute Gasteiger partial charge is 0.203 e. The van der Waals surface area contributed by atoms with Crippen LogP contribution in [0.15, 0.2) is 60.7 Å². The third kappa shape index (κ3) is 3.47. The minimum absolute atomic E-state index is 0.373. The van der Waals surface area contributed by atoms with Crippen molar-refractivity contribution in [3.63, 3.8) is 0 Å². The lowest BCUT2D eigenvalue weighted by atomic mass is 9.87. The zero-order valence-corrected chi connectivity index (χ0v) is 12.5. The fourth-order valence-electron chi connectivity index (χ4n) is 2.53. The molecular formula is C17H17N3S. The molecule has 3 rings (SSSR count). The van der Waals surface area contributed by atoms with Gasteiger partial charge in [0.15, 0.2) is 0 Å². The van der Waals surface area contributed by atoms with Crippen molar-refractivity contribution in [2.45, 2.75) is 18.8 Å². The Morgan fingerprint density at radius 1 is 0.857 bits per heavy atom. The number of hydrogen-bond donors (Lipinski definition) is 1. The molecule has 106 valence electrons. The maximum Gasteiger partial charge on any atom is 0.203 e. The van der Waals surface area contributed by atoms with Crippen molar-refractivity contribution in [2.75, 3.05) is 5.73 Å². The van der Waals surface area contributed by atoms with Gasteiger partial charge < -0.3 is 5.73 Å². The summed E-state index contributed by atoms with van der Waals surface area (Å²) in [4.78, 5) is 0. The molecule has 0 aliphatic rings. The zero-order valence-electron chi connectivity index (χ0n) is 11.6. The molecule has 0 spiro atoms. The second-order valence-corrected chi connectivity index (χ2v) is 6.04. The maximum atomic E-state index is 5.65. The van der Waals surface area contributed by atoms with E-state index >= 15 is 0 Å². The van der Waals surface area contributed by atoms with E-state index in [-0.39, 0.29) is 0 Å². The third-order valence-electron chi connectivity index (χ3n) is 3.53. The van der Waals surface area contributed by atoms with Gasteiger partial charge in [-0.25, -0.2) is 0 Å². The Bertz CT molecular complexity index is 640. The molecule has 0 radical (unpaired) electrons. The van der Waals surface area contributed by atoms with Crippen LogP contribution in [-0.4, -0.2) is 10.2 Å². The van der Waals surface area contributed by atoms with E-state index in [1.54, 1.807) is 0 Å². The van der Waals surface area contributed by atoms with Gasteiger partial charge in [-0.2, -0.15) is 0 Å². The lowest BCUT2D eigenvalue weighted by molar-refractivity contribution is 0.707. The van der Waals surface area contributed by atoms with Crippen molar-refractivity contribution in [3.05, 3.63) is 76.8 Å². The summed E-state index contributed by atoms with van der Waals surface area (Å²) in [5.41, 5.74) is 8.32. The van der Waals surface area contributed by atoms with Crippen LogP contribution in [-0.2, 0) is 6.42 Å². The topological polar surface area (TPSA) is 51.8 Å². The highest BCUT2D eigenvalue weighted by molar-refractivity contribution is 7.15. The van der Waals surface area contributed by atoms with Gasteiger partial charge in [0.05, 0.1) is 0 Å². The molecule has 1 aromatic heterocycles. The lowest BCUT2D eigenvalue weighted by Gasteiger charge is -2.17.